The van der Waals surface area contributed by atoms with Crippen LogP contribution < -0.4 is 5.32 Å². The van der Waals surface area contributed by atoms with Crippen molar-refractivity contribution in [3.05, 3.63) is 17.0 Å². The molecule has 0 amide bonds. The highest BCUT2D eigenvalue weighted by Crippen LogP contribution is 2.26. The standard InChI is InChI=1S/C11H16ClN3O/c1-8-7-13-10(12)14-9(8)15-11(2)3-5-16-6-4-11/h7H,3-6H2,1-2H3,(H,13,14,15). The molecule has 0 aliphatic carbocycles. The summed E-state index contributed by atoms with van der Waals surface area (Å²) in [5, 5.41) is 3.73. The minimum atomic E-state index is 0.0424. The second kappa shape index (κ2) is 4.55. The third-order valence-electron chi connectivity index (χ3n) is 2.96. The maximum atomic E-state index is 5.79. The van der Waals surface area contributed by atoms with Crippen LogP contribution in [0, 0.1) is 6.92 Å². The molecule has 0 spiro atoms. The van der Waals surface area contributed by atoms with Gasteiger partial charge in [-0.3, -0.25) is 0 Å². The number of ether oxygens (including phenoxy) is 1. The SMILES string of the molecule is Cc1cnc(Cl)nc1NC1(C)CCOCC1. The molecular weight excluding hydrogens is 226 g/mol. The van der Waals surface area contributed by atoms with E-state index >= 15 is 0 Å². The van der Waals surface area contributed by atoms with E-state index < -0.39 is 0 Å². The molecule has 1 fully saturated rings. The van der Waals surface area contributed by atoms with E-state index in [1.807, 2.05) is 6.92 Å². The third-order valence-corrected chi connectivity index (χ3v) is 3.14. The molecular formula is C11H16ClN3O. The fourth-order valence-corrected chi connectivity index (χ4v) is 1.91. The van der Waals surface area contributed by atoms with Crippen LogP contribution in [-0.4, -0.2) is 28.7 Å². The molecule has 1 aromatic rings. The number of anilines is 1. The van der Waals surface area contributed by atoms with Crippen LogP contribution in [0.5, 0.6) is 0 Å². The molecule has 1 saturated heterocycles. The normalized spacial score (nSPS) is 19.4. The van der Waals surface area contributed by atoms with Crippen molar-refractivity contribution >= 4 is 17.4 Å². The average molecular weight is 242 g/mol. The monoisotopic (exact) mass is 241 g/mol. The summed E-state index contributed by atoms with van der Waals surface area (Å²) in [5.74, 6) is 0.824. The summed E-state index contributed by atoms with van der Waals surface area (Å²) in [7, 11) is 0. The van der Waals surface area contributed by atoms with Gasteiger partial charge in [0.25, 0.3) is 0 Å². The number of hydrogen-bond acceptors (Lipinski definition) is 4. The number of rotatable bonds is 2. The van der Waals surface area contributed by atoms with Crippen molar-refractivity contribution in [3.63, 3.8) is 0 Å². The van der Waals surface area contributed by atoms with Gasteiger partial charge in [-0.15, -0.1) is 0 Å². The van der Waals surface area contributed by atoms with Gasteiger partial charge < -0.3 is 10.1 Å². The van der Waals surface area contributed by atoms with Gasteiger partial charge in [0.15, 0.2) is 0 Å². The van der Waals surface area contributed by atoms with E-state index in [-0.39, 0.29) is 10.8 Å². The van der Waals surface area contributed by atoms with Gasteiger partial charge in [0.1, 0.15) is 5.82 Å². The van der Waals surface area contributed by atoms with E-state index in [1.165, 1.54) is 0 Å². The number of nitrogens with zero attached hydrogens (tertiary/aromatic N) is 2. The van der Waals surface area contributed by atoms with Crippen LogP contribution in [0.2, 0.25) is 5.28 Å². The topological polar surface area (TPSA) is 47.0 Å². The minimum Gasteiger partial charge on any atom is -0.381 e. The quantitative estimate of drug-likeness (QED) is 0.808. The van der Waals surface area contributed by atoms with Crippen molar-refractivity contribution in [2.45, 2.75) is 32.2 Å². The summed E-state index contributed by atoms with van der Waals surface area (Å²) in [6.45, 7) is 5.75. The minimum absolute atomic E-state index is 0.0424. The zero-order valence-corrected chi connectivity index (χ0v) is 10.3. The first-order chi connectivity index (χ1) is 7.59. The molecule has 1 aromatic heterocycles. The second-order valence-corrected chi connectivity index (χ2v) is 4.81. The largest absolute Gasteiger partial charge is 0.381 e. The highest BCUT2D eigenvalue weighted by atomic mass is 35.5. The van der Waals surface area contributed by atoms with Gasteiger partial charge >= 0.3 is 0 Å². The second-order valence-electron chi connectivity index (χ2n) is 4.47. The number of aryl methyl sites for hydroxylation is 1. The molecule has 0 aromatic carbocycles. The predicted octanol–water partition coefficient (Wildman–Crippen LogP) is 2.42. The molecule has 2 heterocycles. The summed E-state index contributed by atoms with van der Waals surface area (Å²) in [6, 6.07) is 0. The lowest BCUT2D eigenvalue weighted by atomic mass is 9.92. The summed E-state index contributed by atoms with van der Waals surface area (Å²) < 4.78 is 5.36. The van der Waals surface area contributed by atoms with Crippen LogP contribution in [0.15, 0.2) is 6.20 Å². The highest BCUT2D eigenvalue weighted by Gasteiger charge is 2.27. The first-order valence-corrected chi connectivity index (χ1v) is 5.82. The molecule has 88 valence electrons. The Kier molecular flexibility index (Phi) is 3.30. The number of aromatic nitrogens is 2. The predicted molar refractivity (Wildman–Crippen MR) is 63.9 cm³/mol. The molecule has 16 heavy (non-hydrogen) atoms. The summed E-state index contributed by atoms with van der Waals surface area (Å²) >= 11 is 5.79. The van der Waals surface area contributed by atoms with Gasteiger partial charge in [-0.25, -0.2) is 9.97 Å². The Morgan fingerprint density at radius 1 is 1.44 bits per heavy atom. The maximum Gasteiger partial charge on any atom is 0.224 e. The maximum absolute atomic E-state index is 5.79. The smallest absolute Gasteiger partial charge is 0.224 e. The van der Waals surface area contributed by atoms with Crippen LogP contribution >= 0.6 is 11.6 Å². The molecule has 5 heteroatoms. The van der Waals surface area contributed by atoms with Crippen LogP contribution in [0.3, 0.4) is 0 Å². The number of hydrogen-bond donors (Lipinski definition) is 1. The third kappa shape index (κ3) is 2.62. The van der Waals surface area contributed by atoms with E-state index in [0.29, 0.717) is 0 Å². The fraction of sp³-hybridized carbons (Fsp3) is 0.636. The van der Waals surface area contributed by atoms with Gasteiger partial charge in [0.05, 0.1) is 0 Å². The van der Waals surface area contributed by atoms with Crippen LogP contribution in [0.25, 0.3) is 0 Å². The zero-order chi connectivity index (χ0) is 11.6. The Morgan fingerprint density at radius 2 is 2.12 bits per heavy atom. The van der Waals surface area contributed by atoms with Crippen molar-refractivity contribution in [1.82, 2.24) is 9.97 Å². The lowest BCUT2D eigenvalue weighted by Crippen LogP contribution is -2.41. The molecule has 0 radical (unpaired) electrons. The molecule has 0 atom stereocenters. The Bertz CT molecular complexity index is 377. The Balaban J connectivity index is 2.15. The summed E-state index contributed by atoms with van der Waals surface area (Å²) in [4.78, 5) is 8.16. The average Bonchev–Trinajstić information content (AvgIpc) is 2.24. The summed E-state index contributed by atoms with van der Waals surface area (Å²) in [6.07, 6.45) is 3.70. The van der Waals surface area contributed by atoms with Gasteiger partial charge in [0, 0.05) is 30.5 Å². The zero-order valence-electron chi connectivity index (χ0n) is 9.59. The van der Waals surface area contributed by atoms with Crippen molar-refractivity contribution < 1.29 is 4.74 Å². The van der Waals surface area contributed by atoms with E-state index in [0.717, 1.165) is 37.4 Å². The molecule has 1 N–H and O–H groups in total. The molecule has 0 bridgehead atoms. The molecule has 2 rings (SSSR count). The Labute approximate surface area is 100 Å². The van der Waals surface area contributed by atoms with Gasteiger partial charge in [-0.2, -0.15) is 0 Å². The van der Waals surface area contributed by atoms with Crippen molar-refractivity contribution in [3.8, 4) is 0 Å². The van der Waals surface area contributed by atoms with E-state index in [2.05, 4.69) is 22.2 Å². The van der Waals surface area contributed by atoms with Gasteiger partial charge in [-0.05, 0) is 38.3 Å². The van der Waals surface area contributed by atoms with Gasteiger partial charge in [0.2, 0.25) is 5.28 Å². The van der Waals surface area contributed by atoms with Gasteiger partial charge in [-0.1, -0.05) is 0 Å². The van der Waals surface area contributed by atoms with E-state index in [1.54, 1.807) is 6.20 Å². The molecule has 0 unspecified atom stereocenters. The number of nitrogens with one attached hydrogen (secondary N) is 1. The van der Waals surface area contributed by atoms with Crippen LogP contribution in [0.4, 0.5) is 5.82 Å². The first kappa shape index (κ1) is 11.6. The lowest BCUT2D eigenvalue weighted by Gasteiger charge is -2.35. The Morgan fingerprint density at radius 3 is 2.81 bits per heavy atom. The van der Waals surface area contributed by atoms with Crippen molar-refractivity contribution in [2.24, 2.45) is 0 Å². The highest BCUT2D eigenvalue weighted by molar-refractivity contribution is 6.28. The van der Waals surface area contributed by atoms with Crippen molar-refractivity contribution in [2.75, 3.05) is 18.5 Å². The van der Waals surface area contributed by atoms with Crippen molar-refractivity contribution in [1.29, 1.82) is 0 Å². The fourth-order valence-electron chi connectivity index (χ4n) is 1.78. The van der Waals surface area contributed by atoms with E-state index in [9.17, 15) is 0 Å². The summed E-state index contributed by atoms with van der Waals surface area (Å²) in [5.41, 5.74) is 1.05. The van der Waals surface area contributed by atoms with E-state index in [4.69, 9.17) is 16.3 Å². The van der Waals surface area contributed by atoms with Crippen LogP contribution in [0.1, 0.15) is 25.3 Å². The molecule has 1 aliphatic heterocycles. The number of halogens is 1. The first-order valence-electron chi connectivity index (χ1n) is 5.44. The Hall–Kier alpha value is -0.870. The molecule has 4 nitrogen and oxygen atoms in total. The van der Waals surface area contributed by atoms with Crippen LogP contribution in [-0.2, 0) is 4.74 Å². The molecule has 1 aliphatic rings. The molecule has 0 saturated carbocycles. The lowest BCUT2D eigenvalue weighted by molar-refractivity contribution is 0.0657.